The average Bonchev–Trinajstić information content (AvgIpc) is 3.54. The van der Waals surface area contributed by atoms with Crippen molar-refractivity contribution in [3.8, 4) is 11.5 Å². The normalized spacial score (nSPS) is 14.4. The molecule has 2 fully saturated rings. The summed E-state index contributed by atoms with van der Waals surface area (Å²) in [7, 11) is 3.13. The van der Waals surface area contributed by atoms with Crippen molar-refractivity contribution in [3.05, 3.63) is 123 Å². The van der Waals surface area contributed by atoms with Gasteiger partial charge in [0.05, 0.1) is 14.2 Å². The van der Waals surface area contributed by atoms with Crippen LogP contribution in [0.4, 0.5) is 0 Å². The standard InChI is InChI=1S/2C9H10O3.2C6H7.Ti/c2*1-12-8-4-2-7(3-5-8)6-9(10)11;2*1-6-4-2-3-5-6;/h2*2-5H,6H2,1H3,(H,10,11);2*2-5H,1H3;/q;;;;+4/p-2. The largest absolute Gasteiger partial charge is 4.00 e. The van der Waals surface area contributed by atoms with Gasteiger partial charge in [0.1, 0.15) is 11.5 Å². The molecule has 7 heteroatoms. The summed E-state index contributed by atoms with van der Waals surface area (Å²) in [4.78, 5) is 20.4. The molecule has 0 aromatic heterocycles. The number of carboxylic acids is 2. The maximum Gasteiger partial charge on any atom is 4.00 e. The van der Waals surface area contributed by atoms with E-state index in [9.17, 15) is 19.8 Å². The summed E-state index contributed by atoms with van der Waals surface area (Å²) in [6.45, 7) is 4.17. The zero-order valence-electron chi connectivity index (χ0n) is 21.6. The molecule has 2 aliphatic carbocycles. The second-order valence-electron chi connectivity index (χ2n) is 7.72. The first-order valence-corrected chi connectivity index (χ1v) is 11.3. The van der Waals surface area contributed by atoms with Crippen molar-refractivity contribution in [2.24, 2.45) is 0 Å². The topological polar surface area (TPSA) is 98.7 Å². The zero-order chi connectivity index (χ0) is 26.8. The summed E-state index contributed by atoms with van der Waals surface area (Å²) in [6.07, 6.45) is 16.4. The van der Waals surface area contributed by atoms with Crippen LogP contribution < -0.4 is 19.7 Å². The maximum atomic E-state index is 10.2. The smallest absolute Gasteiger partial charge is 0.550 e. The van der Waals surface area contributed by atoms with Gasteiger partial charge < -0.3 is 29.3 Å². The van der Waals surface area contributed by atoms with Gasteiger partial charge in [-0.05, 0) is 98.6 Å². The van der Waals surface area contributed by atoms with Crippen molar-refractivity contribution in [3.63, 3.8) is 0 Å². The van der Waals surface area contributed by atoms with Crippen LogP contribution >= 0.6 is 0 Å². The van der Waals surface area contributed by atoms with Crippen LogP contribution in [0.3, 0.4) is 0 Å². The van der Waals surface area contributed by atoms with Crippen LogP contribution in [0, 0.1) is 63.2 Å². The predicted molar refractivity (Wildman–Crippen MR) is 136 cm³/mol. The van der Waals surface area contributed by atoms with Crippen LogP contribution in [0.2, 0.25) is 0 Å². The van der Waals surface area contributed by atoms with Gasteiger partial charge in [0, 0.05) is 24.8 Å². The van der Waals surface area contributed by atoms with Gasteiger partial charge >= 0.3 is 21.7 Å². The minimum absolute atomic E-state index is 0. The molecule has 4 rings (SSSR count). The summed E-state index contributed by atoms with van der Waals surface area (Å²) in [6, 6.07) is 13.7. The van der Waals surface area contributed by atoms with Gasteiger partial charge in [-0.25, -0.2) is 0 Å². The van der Waals surface area contributed by atoms with E-state index in [-0.39, 0.29) is 34.6 Å². The van der Waals surface area contributed by atoms with Crippen LogP contribution in [0.25, 0.3) is 0 Å². The molecule has 2 aliphatic rings. The van der Waals surface area contributed by atoms with Crippen LogP contribution in [0.1, 0.15) is 25.0 Å². The van der Waals surface area contributed by atoms with E-state index in [0.717, 1.165) is 22.6 Å². The Morgan fingerprint density at radius 3 is 1.03 bits per heavy atom. The number of rotatable bonds is 6. The summed E-state index contributed by atoms with van der Waals surface area (Å²) in [5.74, 6) is 1.99. The fraction of sp³-hybridized carbons (Fsp3) is 0.200. The molecular formula is C30H32O6Ti+2. The van der Waals surface area contributed by atoms with E-state index in [1.54, 1.807) is 62.8 Å². The minimum atomic E-state index is -1.07. The van der Waals surface area contributed by atoms with Crippen LogP contribution in [0.5, 0.6) is 11.5 Å². The van der Waals surface area contributed by atoms with Crippen molar-refractivity contribution < 1.29 is 51.0 Å². The molecule has 0 unspecified atom stereocenters. The zero-order valence-corrected chi connectivity index (χ0v) is 23.2. The fourth-order valence-corrected chi connectivity index (χ4v) is 2.76. The third-order valence-corrected chi connectivity index (χ3v) is 4.67. The number of hydrogen-bond donors (Lipinski definition) is 0. The average molecular weight is 536 g/mol. The van der Waals surface area contributed by atoms with Crippen LogP contribution in [0.15, 0.2) is 48.5 Å². The monoisotopic (exact) mass is 536 g/mol. The first-order valence-electron chi connectivity index (χ1n) is 11.3. The quantitative estimate of drug-likeness (QED) is 0.527. The van der Waals surface area contributed by atoms with Crippen LogP contribution in [-0.2, 0) is 44.1 Å². The molecule has 0 heterocycles. The number of carbonyl (C=O) groups excluding carboxylic acids is 2. The van der Waals surface area contributed by atoms with Gasteiger partial charge in [0.2, 0.25) is 0 Å². The molecule has 2 saturated carbocycles. The number of hydrogen-bond acceptors (Lipinski definition) is 6. The second kappa shape index (κ2) is 20.7. The van der Waals surface area contributed by atoms with E-state index in [1.165, 1.54) is 11.8 Å². The molecule has 0 atom stereocenters. The Morgan fingerprint density at radius 2 is 0.865 bits per heavy atom. The molecule has 0 amide bonds. The van der Waals surface area contributed by atoms with Crippen molar-refractivity contribution in [1.29, 1.82) is 0 Å². The first-order chi connectivity index (χ1) is 17.2. The fourth-order valence-electron chi connectivity index (χ4n) is 2.76. The van der Waals surface area contributed by atoms with Gasteiger partial charge in [-0.15, -0.1) is 0 Å². The molecule has 6 nitrogen and oxygen atoms in total. The summed E-state index contributed by atoms with van der Waals surface area (Å²) < 4.78 is 9.82. The molecule has 0 spiro atoms. The minimum Gasteiger partial charge on any atom is -0.550 e. The van der Waals surface area contributed by atoms with Crippen molar-refractivity contribution >= 4 is 11.9 Å². The summed E-state index contributed by atoms with van der Waals surface area (Å²) in [5.41, 5.74) is 1.44. The van der Waals surface area contributed by atoms with E-state index in [4.69, 9.17) is 9.47 Å². The summed E-state index contributed by atoms with van der Waals surface area (Å²) >= 11 is 0. The Hall–Kier alpha value is -2.31. The van der Waals surface area contributed by atoms with Gasteiger partial charge in [-0.2, -0.15) is 0 Å². The third-order valence-electron chi connectivity index (χ3n) is 4.67. The van der Waals surface area contributed by atoms with E-state index in [1.807, 2.05) is 25.7 Å². The SMILES string of the molecule is COc1ccc(CC(=O)[O-])cc1.COc1ccc(CC(=O)[O-])cc1.C[C]1[CH][CH][CH][CH]1.C[C]1[CH][CH][CH][CH]1.[Ti+4]. The number of carboxylic acid groups (broad SMARTS) is 2. The Morgan fingerprint density at radius 1 is 0.595 bits per heavy atom. The number of aliphatic carboxylic acids is 2. The third kappa shape index (κ3) is 17.7. The maximum absolute atomic E-state index is 10.2. The van der Waals surface area contributed by atoms with Crippen LogP contribution in [-0.4, -0.2) is 26.2 Å². The molecule has 0 aliphatic heterocycles. The number of benzene rings is 2. The van der Waals surface area contributed by atoms with E-state index in [2.05, 4.69) is 39.5 Å². The Bertz CT molecular complexity index is 781. The molecule has 0 bridgehead atoms. The number of methoxy groups -OCH3 is 2. The molecule has 2 aromatic carbocycles. The van der Waals surface area contributed by atoms with Gasteiger partial charge in [-0.3, -0.25) is 0 Å². The Balaban J connectivity index is 0.000000485. The van der Waals surface area contributed by atoms with Gasteiger partial charge in [0.15, 0.2) is 0 Å². The molecule has 10 radical (unpaired) electrons. The molecule has 2 aromatic rings. The molecular weight excluding hydrogens is 504 g/mol. The summed E-state index contributed by atoms with van der Waals surface area (Å²) in [5, 5.41) is 20.4. The van der Waals surface area contributed by atoms with E-state index >= 15 is 0 Å². The molecule has 190 valence electrons. The van der Waals surface area contributed by atoms with E-state index in [0.29, 0.717) is 0 Å². The second-order valence-corrected chi connectivity index (χ2v) is 7.72. The molecule has 0 saturated heterocycles. The first kappa shape index (κ1) is 34.7. The molecule has 37 heavy (non-hydrogen) atoms. The number of carbonyl (C=O) groups is 2. The Kier molecular flexibility index (Phi) is 19.4. The van der Waals surface area contributed by atoms with Crippen molar-refractivity contribution in [2.45, 2.75) is 26.7 Å². The van der Waals surface area contributed by atoms with Crippen molar-refractivity contribution in [1.82, 2.24) is 0 Å². The van der Waals surface area contributed by atoms with Gasteiger partial charge in [-0.1, -0.05) is 38.1 Å². The molecule has 0 N–H and O–H groups in total. The van der Waals surface area contributed by atoms with Crippen molar-refractivity contribution in [2.75, 3.05) is 14.2 Å². The number of ether oxygens (including phenoxy) is 2. The Labute approximate surface area is 237 Å². The predicted octanol–water partition coefficient (Wildman–Crippen LogP) is 2.80. The van der Waals surface area contributed by atoms with Gasteiger partial charge in [0.25, 0.3) is 0 Å². The van der Waals surface area contributed by atoms with E-state index < -0.39 is 11.9 Å².